The molecule has 4 rings (SSSR count). The van der Waals surface area contributed by atoms with Crippen molar-refractivity contribution in [1.82, 2.24) is 4.90 Å². The van der Waals surface area contributed by atoms with Gasteiger partial charge in [-0.1, -0.05) is 6.42 Å². The number of fused-ring (bicyclic) bond motifs is 3. The van der Waals surface area contributed by atoms with Gasteiger partial charge >= 0.3 is 11.6 Å². The van der Waals surface area contributed by atoms with Gasteiger partial charge in [0.1, 0.15) is 12.2 Å². The molecule has 3 aromatic rings. The predicted molar refractivity (Wildman–Crippen MR) is 116 cm³/mol. The van der Waals surface area contributed by atoms with Crippen molar-refractivity contribution in [3.8, 4) is 5.75 Å². The summed E-state index contributed by atoms with van der Waals surface area (Å²) in [5.41, 5.74) is 2.10. The van der Waals surface area contributed by atoms with E-state index in [0.717, 1.165) is 36.1 Å². The Balaban J connectivity index is 0.00000256. The first-order valence-corrected chi connectivity index (χ1v) is 9.99. The monoisotopic (exact) mass is 435 g/mol. The van der Waals surface area contributed by atoms with Gasteiger partial charge in [0.05, 0.1) is 11.6 Å². The summed E-state index contributed by atoms with van der Waals surface area (Å²) >= 11 is 0. The molecule has 1 aromatic carbocycles. The van der Waals surface area contributed by atoms with E-state index in [0.29, 0.717) is 28.9 Å². The number of rotatable bonds is 6. The lowest BCUT2D eigenvalue weighted by Gasteiger charge is -2.25. The number of hydrogen-bond acceptors (Lipinski definition) is 7. The number of likely N-dealkylation sites (tertiary alicyclic amines) is 1. The van der Waals surface area contributed by atoms with Crippen LogP contribution in [-0.2, 0) is 9.53 Å². The van der Waals surface area contributed by atoms with Crippen LogP contribution in [-0.4, -0.2) is 43.7 Å². The highest BCUT2D eigenvalue weighted by atomic mass is 35.5. The average Bonchev–Trinajstić information content (AvgIpc) is 3.09. The maximum absolute atomic E-state index is 12.1. The lowest BCUT2D eigenvalue weighted by molar-refractivity contribution is -0.146. The fraction of sp³-hybridized carbons (Fsp3) is 0.455. The Morgan fingerprint density at radius 3 is 2.63 bits per heavy atom. The Morgan fingerprint density at radius 1 is 1.10 bits per heavy atom. The maximum Gasteiger partial charge on any atom is 0.344 e. The van der Waals surface area contributed by atoms with Gasteiger partial charge in [0, 0.05) is 18.0 Å². The van der Waals surface area contributed by atoms with Crippen LogP contribution in [0.2, 0.25) is 0 Å². The van der Waals surface area contributed by atoms with Gasteiger partial charge in [-0.25, -0.2) is 9.59 Å². The minimum atomic E-state index is -0.421. The van der Waals surface area contributed by atoms with Crippen molar-refractivity contribution in [2.24, 2.45) is 0 Å². The summed E-state index contributed by atoms with van der Waals surface area (Å²) in [7, 11) is 0. The van der Waals surface area contributed by atoms with Crippen molar-refractivity contribution in [3.05, 3.63) is 39.9 Å². The standard InChI is InChI=1S/C22H25NO6.ClH/c1-14-10-18(24)29-21-16(14)11-17(22-20(21)15(2)12-28-22)27-13-19(25)26-9-8-23-6-4-3-5-7-23;/h10-12H,3-9,13H2,1-2H3;1H. The number of carbonyl (C=O) groups is 1. The number of benzene rings is 1. The van der Waals surface area contributed by atoms with Crippen LogP contribution in [0.25, 0.3) is 21.9 Å². The van der Waals surface area contributed by atoms with Crippen molar-refractivity contribution in [2.45, 2.75) is 33.1 Å². The number of hydrogen-bond donors (Lipinski definition) is 0. The first-order chi connectivity index (χ1) is 14.0. The molecule has 0 spiro atoms. The number of aryl methyl sites for hydroxylation is 2. The largest absolute Gasteiger partial charge is 0.478 e. The zero-order chi connectivity index (χ0) is 20.4. The second-order valence-electron chi connectivity index (χ2n) is 7.53. The average molecular weight is 436 g/mol. The van der Waals surface area contributed by atoms with Crippen molar-refractivity contribution < 1.29 is 23.1 Å². The Morgan fingerprint density at radius 2 is 1.87 bits per heavy atom. The fourth-order valence-electron chi connectivity index (χ4n) is 3.85. The van der Waals surface area contributed by atoms with Crippen LogP contribution in [0.4, 0.5) is 0 Å². The van der Waals surface area contributed by atoms with Crippen LogP contribution in [0.1, 0.15) is 30.4 Å². The van der Waals surface area contributed by atoms with Crippen LogP contribution < -0.4 is 10.4 Å². The second kappa shape index (κ2) is 9.53. The Labute approximate surface area is 180 Å². The van der Waals surface area contributed by atoms with Gasteiger partial charge < -0.3 is 18.3 Å². The molecule has 0 N–H and O–H groups in total. The van der Waals surface area contributed by atoms with Gasteiger partial charge in [-0.2, -0.15) is 0 Å². The molecule has 1 saturated heterocycles. The molecule has 0 bridgehead atoms. The highest BCUT2D eigenvalue weighted by Gasteiger charge is 2.18. The molecule has 1 aliphatic rings. The van der Waals surface area contributed by atoms with E-state index >= 15 is 0 Å². The minimum absolute atomic E-state index is 0. The summed E-state index contributed by atoms with van der Waals surface area (Å²) in [5, 5.41) is 1.42. The summed E-state index contributed by atoms with van der Waals surface area (Å²) in [6.07, 6.45) is 5.27. The highest BCUT2D eigenvalue weighted by molar-refractivity contribution is 6.07. The van der Waals surface area contributed by atoms with E-state index in [1.165, 1.54) is 25.3 Å². The van der Waals surface area contributed by atoms with E-state index in [2.05, 4.69) is 4.90 Å². The number of piperidine rings is 1. The summed E-state index contributed by atoms with van der Waals surface area (Å²) in [6, 6.07) is 3.17. The highest BCUT2D eigenvalue weighted by Crippen LogP contribution is 2.37. The van der Waals surface area contributed by atoms with Crippen molar-refractivity contribution in [3.63, 3.8) is 0 Å². The van der Waals surface area contributed by atoms with Crippen molar-refractivity contribution in [1.29, 1.82) is 0 Å². The molecule has 0 amide bonds. The third kappa shape index (κ3) is 4.63. The molecule has 0 unspecified atom stereocenters. The predicted octanol–water partition coefficient (Wildman–Crippen LogP) is 3.99. The number of nitrogens with zero attached hydrogens (tertiary/aromatic N) is 1. The zero-order valence-corrected chi connectivity index (χ0v) is 18.0. The smallest absolute Gasteiger partial charge is 0.344 e. The summed E-state index contributed by atoms with van der Waals surface area (Å²) in [5.74, 6) is 0.000351. The molecule has 30 heavy (non-hydrogen) atoms. The van der Waals surface area contributed by atoms with E-state index in [-0.39, 0.29) is 19.0 Å². The van der Waals surface area contributed by atoms with Gasteiger partial charge in [0.25, 0.3) is 0 Å². The van der Waals surface area contributed by atoms with E-state index in [1.807, 2.05) is 13.8 Å². The van der Waals surface area contributed by atoms with E-state index in [4.69, 9.17) is 18.3 Å². The van der Waals surface area contributed by atoms with Crippen LogP contribution in [0.3, 0.4) is 0 Å². The first kappa shape index (κ1) is 22.2. The van der Waals surface area contributed by atoms with Crippen molar-refractivity contribution >= 4 is 40.3 Å². The van der Waals surface area contributed by atoms with Gasteiger partial charge in [-0.15, -0.1) is 12.4 Å². The molecule has 0 radical (unpaired) electrons. The molecule has 162 valence electrons. The first-order valence-electron chi connectivity index (χ1n) is 9.99. The van der Waals surface area contributed by atoms with Gasteiger partial charge in [0.2, 0.25) is 0 Å². The molecule has 1 fully saturated rings. The van der Waals surface area contributed by atoms with Gasteiger partial charge in [-0.3, -0.25) is 4.90 Å². The van der Waals surface area contributed by atoms with Crippen LogP contribution in [0.5, 0.6) is 5.75 Å². The number of carbonyl (C=O) groups excluding carboxylic acids is 1. The molecular formula is C22H26ClNO6. The normalized spacial score (nSPS) is 14.6. The third-order valence-electron chi connectivity index (χ3n) is 5.37. The maximum atomic E-state index is 12.1. The minimum Gasteiger partial charge on any atom is -0.478 e. The molecule has 2 aromatic heterocycles. The van der Waals surface area contributed by atoms with E-state index in [1.54, 1.807) is 12.3 Å². The Hall–Kier alpha value is -2.51. The number of halogens is 1. The number of esters is 1. The van der Waals surface area contributed by atoms with E-state index in [9.17, 15) is 9.59 Å². The molecule has 0 saturated carbocycles. The SMILES string of the molecule is Cc1cc(=O)oc2c1cc(OCC(=O)OCCN1CCCCC1)c1occ(C)c12.Cl. The summed E-state index contributed by atoms with van der Waals surface area (Å²) < 4.78 is 22.1. The summed E-state index contributed by atoms with van der Waals surface area (Å²) in [4.78, 5) is 26.2. The number of furan rings is 1. The lowest BCUT2D eigenvalue weighted by Crippen LogP contribution is -2.33. The molecule has 8 heteroatoms. The molecule has 3 heterocycles. The second-order valence-corrected chi connectivity index (χ2v) is 7.53. The topological polar surface area (TPSA) is 82.1 Å². The molecule has 7 nitrogen and oxygen atoms in total. The van der Waals surface area contributed by atoms with Crippen LogP contribution in [0, 0.1) is 13.8 Å². The quantitative estimate of drug-likeness (QED) is 0.427. The zero-order valence-electron chi connectivity index (χ0n) is 17.2. The molecule has 1 aliphatic heterocycles. The fourth-order valence-corrected chi connectivity index (χ4v) is 3.85. The van der Waals surface area contributed by atoms with E-state index < -0.39 is 11.6 Å². The third-order valence-corrected chi connectivity index (χ3v) is 5.37. The Kier molecular flexibility index (Phi) is 7.05. The van der Waals surface area contributed by atoms with Gasteiger partial charge in [-0.05, 0) is 57.0 Å². The van der Waals surface area contributed by atoms with Gasteiger partial charge in [0.15, 0.2) is 17.9 Å². The lowest BCUT2D eigenvalue weighted by atomic mass is 10.1. The van der Waals surface area contributed by atoms with Crippen LogP contribution >= 0.6 is 12.4 Å². The Bertz CT molecular complexity index is 1100. The summed E-state index contributed by atoms with van der Waals surface area (Å²) in [6.45, 7) is 6.73. The van der Waals surface area contributed by atoms with Crippen molar-refractivity contribution in [2.75, 3.05) is 32.8 Å². The van der Waals surface area contributed by atoms with Crippen LogP contribution in [0.15, 0.2) is 32.0 Å². The molecular weight excluding hydrogens is 410 g/mol. The molecule has 0 atom stereocenters. The molecule has 0 aliphatic carbocycles. The number of ether oxygens (including phenoxy) is 2.